The van der Waals surface area contributed by atoms with Crippen LogP contribution in [-0.4, -0.2) is 46.7 Å². The van der Waals surface area contributed by atoms with Gasteiger partial charge in [-0.25, -0.2) is 0 Å². The zero-order chi connectivity index (χ0) is 20.5. The van der Waals surface area contributed by atoms with E-state index in [1.165, 1.54) is 18.1 Å². The molecule has 0 radical (unpaired) electrons. The third-order valence-corrected chi connectivity index (χ3v) is 5.64. The molecule has 2 aromatic rings. The summed E-state index contributed by atoms with van der Waals surface area (Å²) in [5.41, 5.74) is 2.33. The molecule has 0 aliphatic carbocycles. The van der Waals surface area contributed by atoms with Crippen LogP contribution in [0.5, 0.6) is 11.5 Å². The van der Waals surface area contributed by atoms with Crippen LogP contribution in [0.2, 0.25) is 0 Å². The van der Waals surface area contributed by atoms with Gasteiger partial charge < -0.3 is 20.4 Å². The molecule has 5 nitrogen and oxygen atoms in total. The standard InChI is InChI=1S/C24H32N2O3/c27-22-12-11-20(18-23(22)28)8-4-10-24(29)25-21-13-16-26(17-14-21)15-5-9-19-6-2-1-3-7-19/h1-3,6-7,11-12,18,21,27-28H,4-5,8-10,13-17H2,(H,25,29). The second kappa shape index (κ2) is 10.9. The van der Waals surface area contributed by atoms with Crippen LogP contribution in [0.3, 0.4) is 0 Å². The molecule has 5 heteroatoms. The van der Waals surface area contributed by atoms with Crippen molar-refractivity contribution in [1.82, 2.24) is 10.2 Å². The highest BCUT2D eigenvalue weighted by Crippen LogP contribution is 2.25. The van der Waals surface area contributed by atoms with Crippen LogP contribution in [0.4, 0.5) is 0 Å². The van der Waals surface area contributed by atoms with Crippen molar-refractivity contribution in [2.75, 3.05) is 19.6 Å². The molecule has 1 heterocycles. The molecule has 3 N–H and O–H groups in total. The van der Waals surface area contributed by atoms with Crippen LogP contribution in [0.1, 0.15) is 43.2 Å². The van der Waals surface area contributed by atoms with E-state index in [4.69, 9.17) is 0 Å². The molecule has 3 rings (SSSR count). The first kappa shape index (κ1) is 21.2. The average Bonchev–Trinajstić information content (AvgIpc) is 2.73. The van der Waals surface area contributed by atoms with Gasteiger partial charge in [0.1, 0.15) is 0 Å². The molecule has 2 aromatic carbocycles. The van der Waals surface area contributed by atoms with Gasteiger partial charge in [0.25, 0.3) is 0 Å². The van der Waals surface area contributed by atoms with E-state index in [1.54, 1.807) is 12.1 Å². The molecule has 29 heavy (non-hydrogen) atoms. The molecule has 1 saturated heterocycles. The Hall–Kier alpha value is -2.53. The quantitative estimate of drug-likeness (QED) is 0.566. The Labute approximate surface area is 173 Å². The zero-order valence-corrected chi connectivity index (χ0v) is 17.0. The number of likely N-dealkylation sites (tertiary alicyclic amines) is 1. The first-order valence-electron chi connectivity index (χ1n) is 10.7. The Morgan fingerprint density at radius 3 is 2.38 bits per heavy atom. The molecular weight excluding hydrogens is 364 g/mol. The summed E-state index contributed by atoms with van der Waals surface area (Å²) in [4.78, 5) is 14.7. The van der Waals surface area contributed by atoms with E-state index >= 15 is 0 Å². The van der Waals surface area contributed by atoms with Gasteiger partial charge in [-0.15, -0.1) is 0 Å². The molecule has 0 aromatic heterocycles. The van der Waals surface area contributed by atoms with Crippen LogP contribution in [-0.2, 0) is 17.6 Å². The minimum absolute atomic E-state index is 0.107. The van der Waals surface area contributed by atoms with E-state index in [9.17, 15) is 15.0 Å². The highest BCUT2D eigenvalue weighted by atomic mass is 16.3. The smallest absolute Gasteiger partial charge is 0.220 e. The maximum Gasteiger partial charge on any atom is 0.220 e. The van der Waals surface area contributed by atoms with Crippen molar-refractivity contribution >= 4 is 5.91 Å². The van der Waals surface area contributed by atoms with E-state index in [-0.39, 0.29) is 23.4 Å². The summed E-state index contributed by atoms with van der Waals surface area (Å²) in [6.45, 7) is 3.22. The predicted molar refractivity (Wildman–Crippen MR) is 115 cm³/mol. The van der Waals surface area contributed by atoms with E-state index in [1.807, 2.05) is 0 Å². The van der Waals surface area contributed by atoms with Crippen molar-refractivity contribution in [2.24, 2.45) is 0 Å². The van der Waals surface area contributed by atoms with E-state index in [0.29, 0.717) is 12.8 Å². The van der Waals surface area contributed by atoms with Crippen LogP contribution < -0.4 is 5.32 Å². The van der Waals surface area contributed by atoms with Crippen LogP contribution in [0.25, 0.3) is 0 Å². The predicted octanol–water partition coefficient (Wildman–Crippen LogP) is 3.63. The minimum Gasteiger partial charge on any atom is -0.504 e. The molecule has 0 unspecified atom stereocenters. The van der Waals surface area contributed by atoms with Gasteiger partial charge in [0.15, 0.2) is 11.5 Å². The number of hydrogen-bond donors (Lipinski definition) is 3. The fourth-order valence-electron chi connectivity index (χ4n) is 3.93. The summed E-state index contributed by atoms with van der Waals surface area (Å²) in [7, 11) is 0. The van der Waals surface area contributed by atoms with E-state index < -0.39 is 0 Å². The van der Waals surface area contributed by atoms with Gasteiger partial charge in [-0.05, 0) is 68.3 Å². The maximum atomic E-state index is 12.2. The van der Waals surface area contributed by atoms with Gasteiger partial charge in [-0.2, -0.15) is 0 Å². The zero-order valence-electron chi connectivity index (χ0n) is 17.0. The van der Waals surface area contributed by atoms with Crippen LogP contribution in [0.15, 0.2) is 48.5 Å². The largest absolute Gasteiger partial charge is 0.504 e. The second-order valence-corrected chi connectivity index (χ2v) is 7.95. The number of carbonyl (C=O) groups excluding carboxylic acids is 1. The van der Waals surface area contributed by atoms with Crippen molar-refractivity contribution in [3.05, 3.63) is 59.7 Å². The summed E-state index contributed by atoms with van der Waals surface area (Å²) in [6.07, 6.45) is 6.25. The Morgan fingerprint density at radius 2 is 1.66 bits per heavy atom. The number of amides is 1. The maximum absolute atomic E-state index is 12.2. The highest BCUT2D eigenvalue weighted by Gasteiger charge is 2.20. The lowest BCUT2D eigenvalue weighted by atomic mass is 10.0. The Morgan fingerprint density at radius 1 is 0.931 bits per heavy atom. The van der Waals surface area contributed by atoms with Crippen LogP contribution >= 0.6 is 0 Å². The number of nitrogens with one attached hydrogen (secondary N) is 1. The third kappa shape index (κ3) is 7.09. The number of nitrogens with zero attached hydrogens (tertiary/aromatic N) is 1. The van der Waals surface area contributed by atoms with E-state index in [0.717, 1.165) is 50.9 Å². The lowest BCUT2D eigenvalue weighted by Crippen LogP contribution is -2.44. The third-order valence-electron chi connectivity index (χ3n) is 5.64. The Bertz CT molecular complexity index is 771. The molecule has 1 fully saturated rings. The second-order valence-electron chi connectivity index (χ2n) is 7.95. The van der Waals surface area contributed by atoms with Crippen molar-refractivity contribution < 1.29 is 15.0 Å². The fourth-order valence-corrected chi connectivity index (χ4v) is 3.93. The van der Waals surface area contributed by atoms with Crippen LogP contribution in [0, 0.1) is 0 Å². The molecule has 1 aliphatic rings. The number of carbonyl (C=O) groups is 1. The van der Waals surface area contributed by atoms with Crippen molar-refractivity contribution in [3.63, 3.8) is 0 Å². The van der Waals surface area contributed by atoms with Gasteiger partial charge in [0.2, 0.25) is 5.91 Å². The molecule has 0 bridgehead atoms. The number of aromatic hydroxyl groups is 2. The number of phenols is 2. The van der Waals surface area contributed by atoms with Crippen molar-refractivity contribution in [1.29, 1.82) is 0 Å². The molecule has 1 aliphatic heterocycles. The first-order valence-corrected chi connectivity index (χ1v) is 10.7. The summed E-state index contributed by atoms with van der Waals surface area (Å²) in [5, 5.41) is 22.0. The number of piperidine rings is 1. The Balaban J connectivity index is 1.27. The van der Waals surface area contributed by atoms with Gasteiger partial charge in [-0.3, -0.25) is 4.79 Å². The molecule has 156 valence electrons. The van der Waals surface area contributed by atoms with Gasteiger partial charge in [0, 0.05) is 25.6 Å². The monoisotopic (exact) mass is 396 g/mol. The number of benzene rings is 2. The summed E-state index contributed by atoms with van der Waals surface area (Å²) in [5.74, 6) is -0.115. The minimum atomic E-state index is -0.113. The fraction of sp³-hybridized carbons (Fsp3) is 0.458. The molecule has 0 saturated carbocycles. The molecular formula is C24H32N2O3. The van der Waals surface area contributed by atoms with Gasteiger partial charge in [-0.1, -0.05) is 36.4 Å². The number of hydrogen-bond acceptors (Lipinski definition) is 4. The van der Waals surface area contributed by atoms with Crippen molar-refractivity contribution in [3.8, 4) is 11.5 Å². The lowest BCUT2D eigenvalue weighted by Gasteiger charge is -2.32. The highest BCUT2D eigenvalue weighted by molar-refractivity contribution is 5.76. The normalized spacial score (nSPS) is 15.3. The SMILES string of the molecule is O=C(CCCc1ccc(O)c(O)c1)NC1CCN(CCCc2ccccc2)CC1. The molecule has 0 spiro atoms. The number of aryl methyl sites for hydroxylation is 2. The Kier molecular flexibility index (Phi) is 7.94. The van der Waals surface area contributed by atoms with Gasteiger partial charge >= 0.3 is 0 Å². The van der Waals surface area contributed by atoms with Crippen molar-refractivity contribution in [2.45, 2.75) is 51.0 Å². The number of phenolic OH excluding ortho intramolecular Hbond substituents is 2. The molecule has 0 atom stereocenters. The summed E-state index contributed by atoms with van der Waals surface area (Å²) in [6, 6.07) is 15.7. The first-order chi connectivity index (χ1) is 14.1. The lowest BCUT2D eigenvalue weighted by molar-refractivity contribution is -0.122. The molecule has 1 amide bonds. The topological polar surface area (TPSA) is 72.8 Å². The average molecular weight is 397 g/mol. The van der Waals surface area contributed by atoms with Gasteiger partial charge in [0.05, 0.1) is 0 Å². The summed E-state index contributed by atoms with van der Waals surface area (Å²) < 4.78 is 0. The number of rotatable bonds is 9. The summed E-state index contributed by atoms with van der Waals surface area (Å²) >= 11 is 0. The van der Waals surface area contributed by atoms with E-state index in [2.05, 4.69) is 40.5 Å².